The van der Waals surface area contributed by atoms with Crippen LogP contribution in [0.3, 0.4) is 0 Å². The number of Topliss-reactive ketones (excluding diaryl/α,β-unsaturated/α-hetero) is 1. The highest BCUT2D eigenvalue weighted by atomic mass is 16.6. The van der Waals surface area contributed by atoms with Gasteiger partial charge in [-0.05, 0) is 11.5 Å². The van der Waals surface area contributed by atoms with E-state index in [4.69, 9.17) is 0 Å². The van der Waals surface area contributed by atoms with Crippen molar-refractivity contribution >= 4 is 33.9 Å². The number of non-ortho nitro benzene ring substituents is 1. The van der Waals surface area contributed by atoms with Gasteiger partial charge in [-0.15, -0.1) is 0 Å². The fourth-order valence-corrected chi connectivity index (χ4v) is 3.02. The van der Waals surface area contributed by atoms with Crippen molar-refractivity contribution in [3.63, 3.8) is 0 Å². The summed E-state index contributed by atoms with van der Waals surface area (Å²) in [5.74, 6) is -0.895. The van der Waals surface area contributed by atoms with Crippen LogP contribution in [0.25, 0.3) is 10.8 Å². The molecule has 0 atom stereocenters. The lowest BCUT2D eigenvalue weighted by atomic mass is 10.1. The summed E-state index contributed by atoms with van der Waals surface area (Å²) in [6.07, 6.45) is 0. The number of ketones is 1. The van der Waals surface area contributed by atoms with Crippen molar-refractivity contribution in [2.45, 2.75) is 0 Å². The van der Waals surface area contributed by atoms with Gasteiger partial charge in [0.25, 0.3) is 11.6 Å². The normalized spacial score (nSPS) is 14.0. The van der Waals surface area contributed by atoms with Crippen molar-refractivity contribution in [1.82, 2.24) is 5.43 Å². The van der Waals surface area contributed by atoms with Crippen molar-refractivity contribution in [1.29, 1.82) is 0 Å². The van der Waals surface area contributed by atoms with Crippen molar-refractivity contribution < 1.29 is 14.5 Å². The average Bonchev–Trinajstić information content (AvgIpc) is 2.94. The molecule has 7 nitrogen and oxygen atoms in total. The zero-order valence-corrected chi connectivity index (χ0v) is 13.3. The molecule has 0 fully saturated rings. The Bertz CT molecular complexity index is 1130. The monoisotopic (exact) mass is 345 g/mol. The first-order valence-corrected chi connectivity index (χ1v) is 7.75. The van der Waals surface area contributed by atoms with E-state index in [0.29, 0.717) is 11.1 Å². The Hall–Kier alpha value is -3.87. The molecule has 0 spiro atoms. The summed E-state index contributed by atoms with van der Waals surface area (Å²) >= 11 is 0. The predicted octanol–water partition coefficient (Wildman–Crippen LogP) is 3.08. The first-order chi connectivity index (χ1) is 12.6. The number of nitrogens with zero attached hydrogens (tertiary/aromatic N) is 2. The van der Waals surface area contributed by atoms with Crippen LogP contribution in [0, 0.1) is 10.1 Å². The molecule has 3 aromatic carbocycles. The van der Waals surface area contributed by atoms with E-state index in [-0.39, 0.29) is 22.7 Å². The number of carbonyl (C=O) groups excluding carboxylic acids is 2. The van der Waals surface area contributed by atoms with Crippen molar-refractivity contribution in [2.24, 2.45) is 5.10 Å². The van der Waals surface area contributed by atoms with Gasteiger partial charge in [0.05, 0.1) is 4.92 Å². The second kappa shape index (κ2) is 5.89. The highest BCUT2D eigenvalue weighted by Crippen LogP contribution is 2.30. The molecule has 0 unspecified atom stereocenters. The number of hydrazone groups is 1. The summed E-state index contributed by atoms with van der Waals surface area (Å²) in [6, 6.07) is 16.2. The van der Waals surface area contributed by atoms with Gasteiger partial charge in [-0.2, -0.15) is 5.10 Å². The standard InChI is InChI=1S/C19H11N3O4/c23-18-15-9-3-5-11-4-2-8-14(16(11)15)17(18)20-21-19(24)12-6-1-7-13(10-12)22(25)26/h1-10H,(H,21,24)/b20-17-. The van der Waals surface area contributed by atoms with E-state index in [9.17, 15) is 19.7 Å². The zero-order chi connectivity index (χ0) is 18.3. The van der Waals surface area contributed by atoms with E-state index in [1.54, 1.807) is 18.2 Å². The minimum Gasteiger partial charge on any atom is -0.287 e. The molecule has 0 saturated carbocycles. The van der Waals surface area contributed by atoms with E-state index < -0.39 is 10.8 Å². The smallest absolute Gasteiger partial charge is 0.271 e. The van der Waals surface area contributed by atoms with Crippen molar-refractivity contribution in [3.05, 3.63) is 87.5 Å². The first-order valence-electron chi connectivity index (χ1n) is 7.75. The Morgan fingerprint density at radius 3 is 2.42 bits per heavy atom. The van der Waals surface area contributed by atoms with Gasteiger partial charge in [0.1, 0.15) is 5.71 Å². The van der Waals surface area contributed by atoms with Crippen LogP contribution in [0.15, 0.2) is 65.8 Å². The number of nitro benzene ring substituents is 1. The third kappa shape index (κ3) is 2.42. The predicted molar refractivity (Wildman–Crippen MR) is 95.4 cm³/mol. The van der Waals surface area contributed by atoms with Gasteiger partial charge < -0.3 is 0 Å². The molecule has 0 saturated heterocycles. The highest BCUT2D eigenvalue weighted by molar-refractivity contribution is 6.59. The number of nitro groups is 1. The van der Waals surface area contributed by atoms with Gasteiger partial charge in [-0.3, -0.25) is 19.7 Å². The van der Waals surface area contributed by atoms with Gasteiger partial charge >= 0.3 is 0 Å². The molecule has 0 radical (unpaired) electrons. The summed E-state index contributed by atoms with van der Waals surface area (Å²) in [7, 11) is 0. The maximum absolute atomic E-state index is 12.6. The van der Waals surface area contributed by atoms with Crippen LogP contribution in [0.4, 0.5) is 5.69 Å². The zero-order valence-electron chi connectivity index (χ0n) is 13.3. The second-order valence-electron chi connectivity index (χ2n) is 5.75. The van der Waals surface area contributed by atoms with Gasteiger partial charge in [0.2, 0.25) is 5.78 Å². The minimum absolute atomic E-state index is 0.0877. The molecule has 126 valence electrons. The number of nitrogens with one attached hydrogen (secondary N) is 1. The number of benzene rings is 3. The summed E-state index contributed by atoms with van der Waals surface area (Å²) in [4.78, 5) is 35.1. The topological polar surface area (TPSA) is 102 Å². The summed E-state index contributed by atoms with van der Waals surface area (Å²) in [6.45, 7) is 0. The lowest BCUT2D eigenvalue weighted by Gasteiger charge is -2.02. The molecule has 0 bridgehead atoms. The van der Waals surface area contributed by atoms with Crippen molar-refractivity contribution in [3.8, 4) is 0 Å². The van der Waals surface area contributed by atoms with E-state index in [1.165, 1.54) is 18.2 Å². The van der Waals surface area contributed by atoms with Crippen LogP contribution < -0.4 is 5.43 Å². The third-order valence-electron chi connectivity index (χ3n) is 4.21. The van der Waals surface area contributed by atoms with Gasteiger partial charge in [-0.25, -0.2) is 5.43 Å². The lowest BCUT2D eigenvalue weighted by Crippen LogP contribution is -2.22. The number of rotatable bonds is 3. The summed E-state index contributed by atoms with van der Waals surface area (Å²) in [5, 5.41) is 16.5. The Morgan fingerprint density at radius 2 is 1.69 bits per heavy atom. The second-order valence-corrected chi connectivity index (χ2v) is 5.75. The van der Waals surface area contributed by atoms with E-state index in [0.717, 1.165) is 16.8 Å². The molecule has 0 aromatic heterocycles. The van der Waals surface area contributed by atoms with Crippen LogP contribution in [-0.2, 0) is 0 Å². The molecule has 4 rings (SSSR count). The number of hydrogen-bond acceptors (Lipinski definition) is 5. The Kier molecular flexibility index (Phi) is 3.54. The lowest BCUT2D eigenvalue weighted by molar-refractivity contribution is -0.384. The van der Waals surface area contributed by atoms with Crippen LogP contribution in [0.1, 0.15) is 26.3 Å². The third-order valence-corrected chi connectivity index (χ3v) is 4.21. The van der Waals surface area contributed by atoms with Crippen LogP contribution in [0.2, 0.25) is 0 Å². The molecule has 1 amide bonds. The number of hydrogen-bond donors (Lipinski definition) is 1. The fourth-order valence-electron chi connectivity index (χ4n) is 3.02. The van der Waals surface area contributed by atoms with Crippen LogP contribution in [-0.4, -0.2) is 22.3 Å². The molecule has 3 aromatic rings. The molecule has 7 heteroatoms. The maximum atomic E-state index is 12.6. The summed E-state index contributed by atoms with van der Waals surface area (Å²) < 4.78 is 0. The van der Waals surface area contributed by atoms with E-state index >= 15 is 0 Å². The number of amides is 1. The van der Waals surface area contributed by atoms with Crippen LogP contribution >= 0.6 is 0 Å². The van der Waals surface area contributed by atoms with Gasteiger partial charge in [0.15, 0.2) is 0 Å². The molecule has 1 N–H and O–H groups in total. The Morgan fingerprint density at radius 1 is 1.00 bits per heavy atom. The molecule has 1 aliphatic carbocycles. The quantitative estimate of drug-likeness (QED) is 0.582. The minimum atomic E-state index is -0.628. The number of carbonyl (C=O) groups is 2. The molecule has 0 heterocycles. The molecule has 0 aliphatic heterocycles. The Labute approximate surface area is 147 Å². The van der Waals surface area contributed by atoms with Gasteiger partial charge in [0, 0.05) is 34.2 Å². The molecular formula is C19H11N3O4. The highest BCUT2D eigenvalue weighted by Gasteiger charge is 2.29. The average molecular weight is 345 g/mol. The SMILES string of the molecule is O=C(N/N=C1\C(=O)c2cccc3cccc1c23)c1cccc([N+](=O)[O-])c1. The molecule has 26 heavy (non-hydrogen) atoms. The van der Waals surface area contributed by atoms with Crippen LogP contribution in [0.5, 0.6) is 0 Å². The van der Waals surface area contributed by atoms with Crippen molar-refractivity contribution in [2.75, 3.05) is 0 Å². The largest absolute Gasteiger partial charge is 0.287 e. The van der Waals surface area contributed by atoms with Gasteiger partial charge in [-0.1, -0.05) is 42.5 Å². The molecule has 1 aliphatic rings. The maximum Gasteiger partial charge on any atom is 0.271 e. The molecular weight excluding hydrogens is 334 g/mol. The summed E-state index contributed by atoms with van der Waals surface area (Å²) in [5.41, 5.74) is 3.56. The first kappa shape index (κ1) is 15.6. The van der Waals surface area contributed by atoms with E-state index in [1.807, 2.05) is 18.2 Å². The van der Waals surface area contributed by atoms with E-state index in [2.05, 4.69) is 10.5 Å². The Balaban J connectivity index is 1.67. The fraction of sp³-hybridized carbons (Fsp3) is 0.